The summed E-state index contributed by atoms with van der Waals surface area (Å²) in [6, 6.07) is 10.6. The van der Waals surface area contributed by atoms with Crippen molar-refractivity contribution in [3.8, 4) is 11.5 Å². The zero-order chi connectivity index (χ0) is 20.6. The van der Waals surface area contributed by atoms with Crippen LogP contribution in [-0.2, 0) is 13.0 Å². The number of methoxy groups -OCH3 is 2. The number of aliphatic imine (C=N–C) groups is 1. The first-order valence-corrected chi connectivity index (χ1v) is 9.63. The topological polar surface area (TPSA) is 70.7 Å². The van der Waals surface area contributed by atoms with Crippen molar-refractivity contribution in [3.63, 3.8) is 0 Å². The zero-order valence-electron chi connectivity index (χ0n) is 17.4. The van der Waals surface area contributed by atoms with Crippen molar-refractivity contribution in [1.82, 2.24) is 15.6 Å². The molecule has 3 N–H and O–H groups in total. The van der Waals surface area contributed by atoms with E-state index in [2.05, 4.69) is 20.6 Å². The number of benzene rings is 2. The Bertz CT molecular complexity index is 990. The number of ether oxygens (including phenoxy) is 2. The summed E-state index contributed by atoms with van der Waals surface area (Å²) >= 11 is 0. The maximum atomic E-state index is 13.5. The molecule has 0 fully saturated rings. The minimum Gasteiger partial charge on any atom is -0.493 e. The normalized spacial score (nSPS) is 11.1. The summed E-state index contributed by atoms with van der Waals surface area (Å²) in [5.74, 6) is 1.88. The van der Waals surface area contributed by atoms with Crippen molar-refractivity contribution in [1.29, 1.82) is 0 Å². The van der Waals surface area contributed by atoms with Gasteiger partial charge >= 0.3 is 0 Å². The molecule has 8 heteroatoms. The smallest absolute Gasteiger partial charge is 0.191 e. The number of guanidine groups is 1. The molecule has 3 rings (SSSR count). The number of H-pyrrole nitrogens is 1. The molecule has 2 aromatic carbocycles. The van der Waals surface area contributed by atoms with Gasteiger partial charge in [0.15, 0.2) is 17.5 Å². The van der Waals surface area contributed by atoms with Crippen molar-refractivity contribution < 1.29 is 13.9 Å². The molecule has 0 amide bonds. The molecule has 3 aromatic rings. The lowest BCUT2D eigenvalue weighted by Crippen LogP contribution is -2.38. The fourth-order valence-corrected chi connectivity index (χ4v) is 3.16. The van der Waals surface area contributed by atoms with Crippen molar-refractivity contribution in [2.45, 2.75) is 19.9 Å². The molecule has 0 aliphatic rings. The van der Waals surface area contributed by atoms with E-state index in [-0.39, 0.29) is 29.8 Å². The first-order valence-electron chi connectivity index (χ1n) is 9.63. The van der Waals surface area contributed by atoms with E-state index in [1.807, 2.05) is 31.3 Å². The van der Waals surface area contributed by atoms with Crippen LogP contribution in [0.5, 0.6) is 11.5 Å². The van der Waals surface area contributed by atoms with E-state index in [1.165, 1.54) is 6.07 Å². The molecule has 0 unspecified atom stereocenters. The highest BCUT2D eigenvalue weighted by atomic mass is 127. The lowest BCUT2D eigenvalue weighted by atomic mass is 10.1. The fraction of sp³-hybridized carbons (Fsp3) is 0.318. The van der Waals surface area contributed by atoms with Crippen LogP contribution in [0.25, 0.3) is 10.9 Å². The third-order valence-electron chi connectivity index (χ3n) is 4.63. The van der Waals surface area contributed by atoms with Crippen molar-refractivity contribution in [2.75, 3.05) is 27.3 Å². The zero-order valence-corrected chi connectivity index (χ0v) is 19.8. The maximum absolute atomic E-state index is 13.5. The Kier molecular flexibility index (Phi) is 9.22. The maximum Gasteiger partial charge on any atom is 0.191 e. The van der Waals surface area contributed by atoms with Gasteiger partial charge in [-0.1, -0.05) is 6.07 Å². The van der Waals surface area contributed by atoms with E-state index in [9.17, 15) is 4.39 Å². The largest absolute Gasteiger partial charge is 0.493 e. The van der Waals surface area contributed by atoms with Crippen LogP contribution in [0.4, 0.5) is 4.39 Å². The Morgan fingerprint density at radius 2 is 1.87 bits per heavy atom. The molecule has 0 atom stereocenters. The SMILES string of the molecule is CCNC(=NCc1ccc(OC)c(OC)c1)NCCc1c[nH]c2ccc(F)cc12.I. The molecule has 162 valence electrons. The minimum absolute atomic E-state index is 0. The van der Waals surface area contributed by atoms with Gasteiger partial charge < -0.3 is 25.1 Å². The van der Waals surface area contributed by atoms with Crippen LogP contribution in [0.2, 0.25) is 0 Å². The molecule has 30 heavy (non-hydrogen) atoms. The second-order valence-electron chi connectivity index (χ2n) is 6.57. The highest BCUT2D eigenvalue weighted by Gasteiger charge is 2.07. The van der Waals surface area contributed by atoms with Gasteiger partial charge in [0, 0.05) is 30.2 Å². The predicted molar refractivity (Wildman–Crippen MR) is 130 cm³/mol. The summed E-state index contributed by atoms with van der Waals surface area (Å²) in [7, 11) is 3.23. The van der Waals surface area contributed by atoms with Gasteiger partial charge in [-0.3, -0.25) is 0 Å². The van der Waals surface area contributed by atoms with Gasteiger partial charge in [-0.25, -0.2) is 9.38 Å². The number of fused-ring (bicyclic) bond motifs is 1. The number of nitrogens with zero attached hydrogens (tertiary/aromatic N) is 1. The number of halogens is 2. The summed E-state index contributed by atoms with van der Waals surface area (Å²) in [4.78, 5) is 7.82. The molecule has 6 nitrogen and oxygen atoms in total. The van der Waals surface area contributed by atoms with Crippen LogP contribution in [0.3, 0.4) is 0 Å². The fourth-order valence-electron chi connectivity index (χ4n) is 3.16. The summed E-state index contributed by atoms with van der Waals surface area (Å²) in [5.41, 5.74) is 3.03. The summed E-state index contributed by atoms with van der Waals surface area (Å²) in [6.07, 6.45) is 2.68. The number of rotatable bonds is 8. The van der Waals surface area contributed by atoms with Crippen molar-refractivity contribution in [3.05, 3.63) is 59.5 Å². The molecular formula is C22H28FIN4O2. The van der Waals surface area contributed by atoms with Crippen molar-refractivity contribution >= 4 is 40.8 Å². The van der Waals surface area contributed by atoms with E-state index in [0.717, 1.165) is 41.0 Å². The number of hydrogen-bond acceptors (Lipinski definition) is 3. The lowest BCUT2D eigenvalue weighted by Gasteiger charge is -2.12. The summed E-state index contributed by atoms with van der Waals surface area (Å²) < 4.78 is 24.1. The Morgan fingerprint density at radius 3 is 2.60 bits per heavy atom. The Labute approximate surface area is 193 Å². The van der Waals surface area contributed by atoms with Crippen LogP contribution in [0, 0.1) is 5.82 Å². The quantitative estimate of drug-likeness (QED) is 0.233. The van der Waals surface area contributed by atoms with Gasteiger partial charge in [0.2, 0.25) is 0 Å². The van der Waals surface area contributed by atoms with E-state index in [0.29, 0.717) is 24.6 Å². The first-order chi connectivity index (χ1) is 14.1. The van der Waals surface area contributed by atoms with Crippen molar-refractivity contribution in [2.24, 2.45) is 4.99 Å². The summed E-state index contributed by atoms with van der Waals surface area (Å²) in [5, 5.41) is 7.50. The van der Waals surface area contributed by atoms with E-state index < -0.39 is 0 Å². The number of hydrogen-bond donors (Lipinski definition) is 3. The number of aromatic nitrogens is 1. The van der Waals surface area contributed by atoms with Crippen LogP contribution in [0.15, 0.2) is 47.6 Å². The number of aromatic amines is 1. The Balaban J connectivity index is 0.00000320. The average molecular weight is 526 g/mol. The van der Waals surface area contributed by atoms with Crippen LogP contribution < -0.4 is 20.1 Å². The van der Waals surface area contributed by atoms with E-state index >= 15 is 0 Å². The molecule has 0 saturated carbocycles. The third-order valence-corrected chi connectivity index (χ3v) is 4.63. The van der Waals surface area contributed by atoms with Gasteiger partial charge in [-0.15, -0.1) is 24.0 Å². The second kappa shape index (κ2) is 11.6. The second-order valence-corrected chi connectivity index (χ2v) is 6.57. The van der Waals surface area contributed by atoms with Crippen LogP contribution >= 0.6 is 24.0 Å². The Morgan fingerprint density at radius 1 is 1.07 bits per heavy atom. The van der Waals surface area contributed by atoms with E-state index in [1.54, 1.807) is 26.4 Å². The molecule has 0 aliphatic heterocycles. The number of nitrogens with one attached hydrogen (secondary N) is 3. The minimum atomic E-state index is -0.226. The highest BCUT2D eigenvalue weighted by Crippen LogP contribution is 2.27. The average Bonchev–Trinajstić information content (AvgIpc) is 3.13. The summed E-state index contributed by atoms with van der Waals surface area (Å²) in [6.45, 7) is 3.97. The van der Waals surface area contributed by atoms with Crippen LogP contribution in [-0.4, -0.2) is 38.3 Å². The molecule has 0 bridgehead atoms. The Hall–Kier alpha value is -2.49. The molecule has 0 spiro atoms. The standard InChI is InChI=1S/C22H27FN4O2.HI/c1-4-24-22(27-13-15-5-8-20(28-2)21(11-15)29-3)25-10-9-16-14-26-19-7-6-17(23)12-18(16)19;/h5-8,11-12,14,26H,4,9-10,13H2,1-3H3,(H2,24,25,27);1H. The van der Waals surface area contributed by atoms with Gasteiger partial charge in [0.25, 0.3) is 0 Å². The molecule has 0 aliphatic carbocycles. The van der Waals surface area contributed by atoms with E-state index in [4.69, 9.17) is 9.47 Å². The highest BCUT2D eigenvalue weighted by molar-refractivity contribution is 14.0. The molecule has 0 radical (unpaired) electrons. The molecule has 1 aromatic heterocycles. The monoisotopic (exact) mass is 526 g/mol. The lowest BCUT2D eigenvalue weighted by molar-refractivity contribution is 0.354. The predicted octanol–water partition coefficient (Wildman–Crippen LogP) is 4.24. The van der Waals surface area contributed by atoms with Gasteiger partial charge in [0.05, 0.1) is 20.8 Å². The van der Waals surface area contributed by atoms with Gasteiger partial charge in [0.1, 0.15) is 5.82 Å². The van der Waals surface area contributed by atoms with Gasteiger partial charge in [-0.2, -0.15) is 0 Å². The third kappa shape index (κ3) is 6.01. The van der Waals surface area contributed by atoms with Crippen LogP contribution in [0.1, 0.15) is 18.1 Å². The molecule has 0 saturated heterocycles. The molecular weight excluding hydrogens is 498 g/mol. The first kappa shape index (κ1) is 23.8. The molecule has 1 heterocycles. The van der Waals surface area contributed by atoms with Gasteiger partial charge in [-0.05, 0) is 54.8 Å².